The van der Waals surface area contributed by atoms with E-state index in [1.54, 1.807) is 0 Å². The Morgan fingerprint density at radius 1 is 1.33 bits per heavy atom. The van der Waals surface area contributed by atoms with E-state index in [4.69, 9.17) is 0 Å². The predicted octanol–water partition coefficient (Wildman–Crippen LogP) is 2.25. The van der Waals surface area contributed by atoms with Crippen molar-refractivity contribution in [3.63, 3.8) is 0 Å². The fourth-order valence-corrected chi connectivity index (χ4v) is 2.89. The maximum absolute atomic E-state index is 9.46. The maximum Gasteiger partial charge on any atom is 0.0610 e. The highest BCUT2D eigenvalue weighted by molar-refractivity contribution is 4.82. The molecule has 1 rings (SSSR count). The number of likely N-dealkylation sites (tertiary alicyclic amines) is 1. The van der Waals surface area contributed by atoms with E-state index in [-0.39, 0.29) is 12.1 Å². The second-order valence-corrected chi connectivity index (χ2v) is 6.23. The molecule has 108 valence electrons. The standard InChI is InChI=1S/C15H32N2O/c1-4-16-15(3,13-18)9-6-11-17-10-5-7-14(2)8-12-17/h14,16,18H,4-13H2,1-3H3. The van der Waals surface area contributed by atoms with Crippen LogP contribution in [0.5, 0.6) is 0 Å². The minimum atomic E-state index is -0.0894. The maximum atomic E-state index is 9.46. The molecule has 0 bridgehead atoms. The van der Waals surface area contributed by atoms with Gasteiger partial charge in [0.05, 0.1) is 6.61 Å². The van der Waals surface area contributed by atoms with E-state index >= 15 is 0 Å². The number of rotatable bonds is 7. The van der Waals surface area contributed by atoms with Crippen molar-refractivity contribution in [2.24, 2.45) is 5.92 Å². The van der Waals surface area contributed by atoms with Crippen LogP contribution in [0.3, 0.4) is 0 Å². The fraction of sp³-hybridized carbons (Fsp3) is 1.00. The van der Waals surface area contributed by atoms with Gasteiger partial charge < -0.3 is 15.3 Å². The van der Waals surface area contributed by atoms with E-state index in [1.807, 2.05) is 0 Å². The van der Waals surface area contributed by atoms with Crippen molar-refractivity contribution in [1.29, 1.82) is 0 Å². The van der Waals surface area contributed by atoms with Crippen molar-refractivity contribution in [2.45, 2.75) is 58.4 Å². The summed E-state index contributed by atoms with van der Waals surface area (Å²) in [6, 6.07) is 0. The predicted molar refractivity (Wildman–Crippen MR) is 77.9 cm³/mol. The minimum Gasteiger partial charge on any atom is -0.394 e. The smallest absolute Gasteiger partial charge is 0.0610 e. The minimum absolute atomic E-state index is 0.0894. The fourth-order valence-electron chi connectivity index (χ4n) is 2.89. The van der Waals surface area contributed by atoms with Gasteiger partial charge in [-0.1, -0.05) is 13.8 Å². The topological polar surface area (TPSA) is 35.5 Å². The molecule has 1 saturated heterocycles. The number of nitrogens with zero attached hydrogens (tertiary/aromatic N) is 1. The van der Waals surface area contributed by atoms with Crippen molar-refractivity contribution in [2.75, 3.05) is 32.8 Å². The Hall–Kier alpha value is -0.120. The van der Waals surface area contributed by atoms with Crippen LogP contribution in [0.1, 0.15) is 52.9 Å². The third kappa shape index (κ3) is 5.68. The highest BCUT2D eigenvalue weighted by atomic mass is 16.3. The Morgan fingerprint density at radius 3 is 2.78 bits per heavy atom. The van der Waals surface area contributed by atoms with Gasteiger partial charge in [-0.3, -0.25) is 0 Å². The molecular formula is C15H32N2O. The summed E-state index contributed by atoms with van der Waals surface area (Å²) in [4.78, 5) is 2.60. The number of nitrogens with one attached hydrogen (secondary N) is 1. The van der Waals surface area contributed by atoms with Gasteiger partial charge in [-0.2, -0.15) is 0 Å². The van der Waals surface area contributed by atoms with Crippen molar-refractivity contribution in [3.8, 4) is 0 Å². The Labute approximate surface area is 113 Å². The number of likely N-dealkylation sites (N-methyl/N-ethyl adjacent to an activating group) is 1. The lowest BCUT2D eigenvalue weighted by atomic mass is 9.96. The van der Waals surface area contributed by atoms with E-state index in [0.29, 0.717) is 0 Å². The molecule has 3 nitrogen and oxygen atoms in total. The zero-order valence-electron chi connectivity index (χ0n) is 12.5. The molecule has 2 unspecified atom stereocenters. The number of hydrogen-bond acceptors (Lipinski definition) is 3. The second-order valence-electron chi connectivity index (χ2n) is 6.23. The zero-order valence-corrected chi connectivity index (χ0v) is 12.5. The molecule has 2 atom stereocenters. The Kier molecular flexibility index (Phi) is 7.20. The number of aliphatic hydroxyl groups is 1. The van der Waals surface area contributed by atoms with Gasteiger partial charge in [-0.05, 0) is 71.1 Å². The molecule has 0 spiro atoms. The summed E-state index contributed by atoms with van der Waals surface area (Å²) in [5.41, 5.74) is -0.0894. The molecule has 0 aromatic heterocycles. The van der Waals surface area contributed by atoms with Crippen LogP contribution in [0.4, 0.5) is 0 Å². The van der Waals surface area contributed by atoms with Crippen LogP contribution in [0, 0.1) is 5.92 Å². The van der Waals surface area contributed by atoms with Crippen molar-refractivity contribution in [1.82, 2.24) is 10.2 Å². The summed E-state index contributed by atoms with van der Waals surface area (Å²) >= 11 is 0. The van der Waals surface area contributed by atoms with Crippen LogP contribution < -0.4 is 5.32 Å². The first-order chi connectivity index (χ1) is 8.59. The van der Waals surface area contributed by atoms with Gasteiger partial charge in [-0.25, -0.2) is 0 Å². The lowest BCUT2D eigenvalue weighted by Crippen LogP contribution is -2.46. The molecule has 18 heavy (non-hydrogen) atoms. The summed E-state index contributed by atoms with van der Waals surface area (Å²) in [6.07, 6.45) is 6.33. The molecule has 0 radical (unpaired) electrons. The molecular weight excluding hydrogens is 224 g/mol. The molecule has 0 aromatic rings. The highest BCUT2D eigenvalue weighted by Gasteiger charge is 2.22. The van der Waals surface area contributed by atoms with E-state index in [2.05, 4.69) is 31.0 Å². The lowest BCUT2D eigenvalue weighted by molar-refractivity contribution is 0.158. The Morgan fingerprint density at radius 2 is 2.11 bits per heavy atom. The van der Waals surface area contributed by atoms with Crippen LogP contribution in [-0.2, 0) is 0 Å². The lowest BCUT2D eigenvalue weighted by Gasteiger charge is -2.29. The molecule has 1 aliphatic rings. The van der Waals surface area contributed by atoms with Crippen LogP contribution >= 0.6 is 0 Å². The van der Waals surface area contributed by atoms with Crippen LogP contribution in [0.2, 0.25) is 0 Å². The molecule has 1 heterocycles. The molecule has 1 fully saturated rings. The summed E-state index contributed by atoms with van der Waals surface area (Å²) in [7, 11) is 0. The normalized spacial score (nSPS) is 25.7. The third-order valence-corrected chi connectivity index (χ3v) is 4.26. The molecule has 3 heteroatoms. The summed E-state index contributed by atoms with van der Waals surface area (Å²) in [5.74, 6) is 0.902. The van der Waals surface area contributed by atoms with Gasteiger partial charge >= 0.3 is 0 Å². The first kappa shape index (κ1) is 15.9. The quantitative estimate of drug-likeness (QED) is 0.733. The molecule has 0 aliphatic carbocycles. The zero-order chi connectivity index (χ0) is 13.4. The largest absolute Gasteiger partial charge is 0.394 e. The number of hydrogen-bond donors (Lipinski definition) is 2. The summed E-state index contributed by atoms with van der Waals surface area (Å²) < 4.78 is 0. The summed E-state index contributed by atoms with van der Waals surface area (Å²) in [5, 5.41) is 12.9. The Balaban J connectivity index is 2.23. The molecule has 2 N–H and O–H groups in total. The van der Waals surface area contributed by atoms with E-state index in [9.17, 15) is 5.11 Å². The van der Waals surface area contributed by atoms with Gasteiger partial charge in [0.25, 0.3) is 0 Å². The van der Waals surface area contributed by atoms with Crippen LogP contribution in [-0.4, -0.2) is 48.3 Å². The molecule has 0 aromatic carbocycles. The molecule has 1 aliphatic heterocycles. The first-order valence-electron chi connectivity index (χ1n) is 7.68. The van der Waals surface area contributed by atoms with Gasteiger partial charge in [0.15, 0.2) is 0 Å². The average Bonchev–Trinajstić information content (AvgIpc) is 2.55. The van der Waals surface area contributed by atoms with Gasteiger partial charge in [-0.15, -0.1) is 0 Å². The monoisotopic (exact) mass is 256 g/mol. The van der Waals surface area contributed by atoms with E-state index in [1.165, 1.54) is 45.3 Å². The van der Waals surface area contributed by atoms with Crippen LogP contribution in [0.25, 0.3) is 0 Å². The summed E-state index contributed by atoms with van der Waals surface area (Å²) in [6.45, 7) is 11.5. The van der Waals surface area contributed by atoms with Gasteiger partial charge in [0.2, 0.25) is 0 Å². The van der Waals surface area contributed by atoms with Crippen molar-refractivity contribution in [3.05, 3.63) is 0 Å². The van der Waals surface area contributed by atoms with Crippen LogP contribution in [0.15, 0.2) is 0 Å². The van der Waals surface area contributed by atoms with E-state index < -0.39 is 0 Å². The van der Waals surface area contributed by atoms with Gasteiger partial charge in [0.1, 0.15) is 0 Å². The SMILES string of the molecule is CCNC(C)(CO)CCCN1CCCC(C)CC1. The average molecular weight is 256 g/mol. The van der Waals surface area contributed by atoms with E-state index in [0.717, 1.165) is 18.9 Å². The second kappa shape index (κ2) is 8.13. The van der Waals surface area contributed by atoms with Gasteiger partial charge in [0, 0.05) is 5.54 Å². The van der Waals surface area contributed by atoms with Crippen molar-refractivity contribution < 1.29 is 5.11 Å². The van der Waals surface area contributed by atoms with Crippen molar-refractivity contribution >= 4 is 0 Å². The molecule has 0 saturated carbocycles. The molecule has 0 amide bonds. The highest BCUT2D eigenvalue weighted by Crippen LogP contribution is 2.18. The number of aliphatic hydroxyl groups excluding tert-OH is 1. The third-order valence-electron chi connectivity index (χ3n) is 4.26. The Bertz CT molecular complexity index is 223. The first-order valence-corrected chi connectivity index (χ1v) is 7.68.